The van der Waals surface area contributed by atoms with Crippen LogP contribution in [0, 0.1) is 25.5 Å². The molecule has 0 unspecified atom stereocenters. The Morgan fingerprint density at radius 2 is 1.70 bits per heavy atom. The minimum Gasteiger partial charge on any atom is -0.508 e. The topological polar surface area (TPSA) is 33.1 Å². The summed E-state index contributed by atoms with van der Waals surface area (Å²) < 4.78 is 28.6. The molecule has 4 heteroatoms. The van der Waals surface area contributed by atoms with E-state index in [2.05, 4.69) is 11.6 Å². The van der Waals surface area contributed by atoms with Crippen molar-refractivity contribution in [3.05, 3.63) is 71.4 Å². The third kappa shape index (κ3) is 2.46. The van der Waals surface area contributed by atoms with Crippen molar-refractivity contribution in [1.82, 2.24) is 4.98 Å². The van der Waals surface area contributed by atoms with Gasteiger partial charge in [0, 0.05) is 22.2 Å². The van der Waals surface area contributed by atoms with Crippen molar-refractivity contribution in [2.45, 2.75) is 13.8 Å². The molecule has 116 valence electrons. The van der Waals surface area contributed by atoms with Gasteiger partial charge in [-0.1, -0.05) is 12.6 Å². The van der Waals surface area contributed by atoms with E-state index in [1.165, 1.54) is 18.2 Å². The fourth-order valence-electron chi connectivity index (χ4n) is 2.72. The van der Waals surface area contributed by atoms with Crippen LogP contribution in [0.15, 0.2) is 43.0 Å². The first-order valence-corrected chi connectivity index (χ1v) is 7.13. The quantitative estimate of drug-likeness (QED) is 0.649. The molecule has 2 aromatic carbocycles. The number of aromatic nitrogens is 1. The number of pyridine rings is 1. The lowest BCUT2D eigenvalue weighted by atomic mass is 9.93. The highest BCUT2D eigenvalue weighted by atomic mass is 19.1. The molecule has 0 radical (unpaired) electrons. The van der Waals surface area contributed by atoms with E-state index in [4.69, 9.17) is 0 Å². The third-order valence-corrected chi connectivity index (χ3v) is 4.02. The van der Waals surface area contributed by atoms with Gasteiger partial charge in [0.15, 0.2) is 0 Å². The van der Waals surface area contributed by atoms with Crippen LogP contribution in [-0.4, -0.2) is 10.1 Å². The van der Waals surface area contributed by atoms with Crippen LogP contribution in [0.5, 0.6) is 0 Å². The maximum Gasteiger partial charge on any atom is 0.134 e. The summed E-state index contributed by atoms with van der Waals surface area (Å²) in [5, 5.41) is 10.2. The summed E-state index contributed by atoms with van der Waals surface area (Å²) in [4.78, 5) is 4.46. The molecule has 0 aliphatic carbocycles. The number of benzene rings is 2. The van der Waals surface area contributed by atoms with Gasteiger partial charge in [-0.3, -0.25) is 4.98 Å². The fraction of sp³-hybridized carbons (Fsp3) is 0.105. The van der Waals surface area contributed by atoms with E-state index < -0.39 is 11.6 Å². The summed E-state index contributed by atoms with van der Waals surface area (Å²) in [6.07, 6.45) is 0. The van der Waals surface area contributed by atoms with Crippen LogP contribution in [0.25, 0.3) is 27.8 Å². The maximum atomic E-state index is 14.3. The Morgan fingerprint density at radius 1 is 1.04 bits per heavy atom. The minimum absolute atomic E-state index is 0.0822. The third-order valence-electron chi connectivity index (χ3n) is 4.02. The number of fused-ring (bicyclic) bond motifs is 1. The monoisotopic (exact) mass is 311 g/mol. The predicted molar refractivity (Wildman–Crippen MR) is 88.2 cm³/mol. The van der Waals surface area contributed by atoms with Gasteiger partial charge in [-0.05, 0) is 49.7 Å². The molecule has 0 aliphatic heterocycles. The maximum absolute atomic E-state index is 14.3. The van der Waals surface area contributed by atoms with E-state index in [1.807, 2.05) is 0 Å². The van der Waals surface area contributed by atoms with Crippen molar-refractivity contribution in [3.63, 3.8) is 0 Å². The summed E-state index contributed by atoms with van der Waals surface area (Å²) in [5.74, 6) is -1.37. The van der Waals surface area contributed by atoms with E-state index in [-0.39, 0.29) is 11.3 Å². The molecule has 0 spiro atoms. The van der Waals surface area contributed by atoms with Gasteiger partial charge in [-0.15, -0.1) is 0 Å². The van der Waals surface area contributed by atoms with Crippen molar-refractivity contribution in [2.24, 2.45) is 0 Å². The van der Waals surface area contributed by atoms with Gasteiger partial charge >= 0.3 is 0 Å². The van der Waals surface area contributed by atoms with Crippen molar-refractivity contribution in [2.75, 3.05) is 0 Å². The van der Waals surface area contributed by atoms with Gasteiger partial charge in [0.05, 0.1) is 11.1 Å². The van der Waals surface area contributed by atoms with Crippen LogP contribution < -0.4 is 0 Å². The molecule has 0 atom stereocenters. The Labute approximate surface area is 132 Å². The summed E-state index contributed by atoms with van der Waals surface area (Å²) >= 11 is 0. The SMILES string of the molecule is C=C(O)c1ccc2nc(C)c(C)c(-c3c(F)cccc3F)c2c1. The number of hydrogen-bond donors (Lipinski definition) is 1. The highest BCUT2D eigenvalue weighted by molar-refractivity contribution is 5.98. The molecular weight excluding hydrogens is 296 g/mol. The zero-order valence-electron chi connectivity index (χ0n) is 12.8. The molecule has 23 heavy (non-hydrogen) atoms. The van der Waals surface area contributed by atoms with Gasteiger partial charge < -0.3 is 5.11 Å². The van der Waals surface area contributed by atoms with Gasteiger partial charge in [0.25, 0.3) is 0 Å². The van der Waals surface area contributed by atoms with Crippen LogP contribution in [-0.2, 0) is 0 Å². The normalized spacial score (nSPS) is 11.0. The number of aliphatic hydroxyl groups excluding tert-OH is 1. The first-order chi connectivity index (χ1) is 10.9. The lowest BCUT2D eigenvalue weighted by molar-refractivity contribution is 0.514. The average molecular weight is 311 g/mol. The first-order valence-electron chi connectivity index (χ1n) is 7.13. The van der Waals surface area contributed by atoms with E-state index >= 15 is 0 Å². The lowest BCUT2D eigenvalue weighted by Crippen LogP contribution is -1.99. The van der Waals surface area contributed by atoms with E-state index in [9.17, 15) is 13.9 Å². The number of aliphatic hydroxyl groups is 1. The Balaban J connectivity index is 2.49. The summed E-state index contributed by atoms with van der Waals surface area (Å²) in [6.45, 7) is 7.08. The zero-order valence-corrected chi connectivity index (χ0v) is 12.8. The van der Waals surface area contributed by atoms with Crippen molar-refractivity contribution < 1.29 is 13.9 Å². The van der Waals surface area contributed by atoms with Gasteiger partial charge in [0.1, 0.15) is 17.4 Å². The summed E-state index contributed by atoms with van der Waals surface area (Å²) in [7, 11) is 0. The minimum atomic E-state index is -0.631. The van der Waals surface area contributed by atoms with Gasteiger partial charge in [-0.2, -0.15) is 0 Å². The largest absolute Gasteiger partial charge is 0.508 e. The molecule has 2 nitrogen and oxygen atoms in total. The van der Waals surface area contributed by atoms with Crippen LogP contribution >= 0.6 is 0 Å². The number of aryl methyl sites for hydroxylation is 1. The Kier molecular flexibility index (Phi) is 3.60. The zero-order chi connectivity index (χ0) is 16.7. The molecule has 1 aromatic heterocycles. The van der Waals surface area contributed by atoms with Crippen molar-refractivity contribution >= 4 is 16.7 Å². The lowest BCUT2D eigenvalue weighted by Gasteiger charge is -2.15. The molecular formula is C19H15F2NO. The fourth-order valence-corrected chi connectivity index (χ4v) is 2.72. The molecule has 0 bridgehead atoms. The molecule has 1 N–H and O–H groups in total. The molecule has 0 saturated carbocycles. The summed E-state index contributed by atoms with van der Waals surface area (Å²) in [6, 6.07) is 8.83. The van der Waals surface area contributed by atoms with E-state index in [1.54, 1.807) is 32.0 Å². The highest BCUT2D eigenvalue weighted by Gasteiger charge is 2.19. The number of hydrogen-bond acceptors (Lipinski definition) is 2. The average Bonchev–Trinajstić information content (AvgIpc) is 2.50. The smallest absolute Gasteiger partial charge is 0.134 e. The van der Waals surface area contributed by atoms with E-state index in [0.29, 0.717) is 33.3 Å². The Bertz CT molecular complexity index is 927. The first kappa shape index (κ1) is 15.2. The number of halogens is 2. The molecule has 0 fully saturated rings. The second-order valence-electron chi connectivity index (χ2n) is 5.47. The molecule has 3 rings (SSSR count). The van der Waals surface area contributed by atoms with Gasteiger partial charge in [-0.25, -0.2) is 8.78 Å². The van der Waals surface area contributed by atoms with Crippen molar-refractivity contribution in [1.29, 1.82) is 0 Å². The standard InChI is InChI=1S/C19H15F2NO/c1-10-11(2)22-17-8-7-13(12(3)23)9-14(17)18(10)19-15(20)5-4-6-16(19)21/h4-9,23H,3H2,1-2H3. The molecule has 1 heterocycles. The molecule has 0 saturated heterocycles. The molecule has 3 aromatic rings. The number of nitrogens with zero attached hydrogens (tertiary/aromatic N) is 1. The second-order valence-corrected chi connectivity index (χ2v) is 5.47. The van der Waals surface area contributed by atoms with Gasteiger partial charge in [0.2, 0.25) is 0 Å². The van der Waals surface area contributed by atoms with Crippen LogP contribution in [0.4, 0.5) is 8.78 Å². The Morgan fingerprint density at radius 3 is 2.30 bits per heavy atom. The summed E-state index contributed by atoms with van der Waals surface area (Å²) in [5.41, 5.74) is 2.86. The Hall–Kier alpha value is -2.75. The van der Waals surface area contributed by atoms with E-state index in [0.717, 1.165) is 0 Å². The van der Waals surface area contributed by atoms with Crippen LogP contribution in [0.1, 0.15) is 16.8 Å². The second kappa shape index (κ2) is 5.47. The molecule has 0 aliphatic rings. The van der Waals surface area contributed by atoms with Crippen LogP contribution in [0.3, 0.4) is 0 Å². The van der Waals surface area contributed by atoms with Crippen LogP contribution in [0.2, 0.25) is 0 Å². The highest BCUT2D eigenvalue weighted by Crippen LogP contribution is 2.36. The predicted octanol–water partition coefficient (Wildman–Crippen LogP) is 5.33. The molecule has 0 amide bonds. The van der Waals surface area contributed by atoms with Crippen molar-refractivity contribution in [3.8, 4) is 11.1 Å². The number of rotatable bonds is 2.